The van der Waals surface area contributed by atoms with Crippen LogP contribution in [-0.2, 0) is 9.47 Å². The Bertz CT molecular complexity index is 350. The minimum atomic E-state index is -0.382. The summed E-state index contributed by atoms with van der Waals surface area (Å²) < 4.78 is 11.5. The Morgan fingerprint density at radius 1 is 1.47 bits per heavy atom. The summed E-state index contributed by atoms with van der Waals surface area (Å²) in [4.78, 5) is 12.5. The number of ether oxygens (including phenoxy) is 2. The van der Waals surface area contributed by atoms with Crippen molar-refractivity contribution < 1.29 is 14.3 Å². The van der Waals surface area contributed by atoms with E-state index in [1.807, 2.05) is 25.3 Å². The Morgan fingerprint density at radius 3 is 2.59 bits per heavy atom. The maximum absolute atomic E-state index is 11.8. The summed E-state index contributed by atoms with van der Waals surface area (Å²) in [6, 6.07) is 1.85. The molecular formula is C11H16BrNO3S. The highest BCUT2D eigenvalue weighted by Gasteiger charge is 2.14. The van der Waals surface area contributed by atoms with E-state index in [1.54, 1.807) is 0 Å². The minimum Gasteiger partial charge on any atom is -0.351 e. The molecule has 0 spiro atoms. The Balaban J connectivity index is 2.43. The minimum absolute atomic E-state index is 0.115. The van der Waals surface area contributed by atoms with Crippen molar-refractivity contribution >= 4 is 33.2 Å². The first-order valence-electron chi connectivity index (χ1n) is 5.43. The van der Waals surface area contributed by atoms with Gasteiger partial charge in [-0.3, -0.25) is 4.79 Å². The van der Waals surface area contributed by atoms with E-state index < -0.39 is 0 Å². The molecule has 1 N–H and O–H groups in total. The number of nitrogens with one attached hydrogen (secondary N) is 1. The predicted molar refractivity (Wildman–Crippen MR) is 71.4 cm³/mol. The van der Waals surface area contributed by atoms with Crippen LogP contribution >= 0.6 is 27.3 Å². The van der Waals surface area contributed by atoms with Crippen molar-refractivity contribution in [2.24, 2.45) is 0 Å². The van der Waals surface area contributed by atoms with Crippen LogP contribution in [0.5, 0.6) is 0 Å². The average molecular weight is 322 g/mol. The number of rotatable bonds is 7. The van der Waals surface area contributed by atoms with E-state index in [2.05, 4.69) is 21.2 Å². The highest BCUT2D eigenvalue weighted by molar-refractivity contribution is 9.10. The van der Waals surface area contributed by atoms with Crippen molar-refractivity contribution in [3.63, 3.8) is 0 Å². The Kier molecular flexibility index (Phi) is 6.72. The molecule has 0 radical (unpaired) electrons. The summed E-state index contributed by atoms with van der Waals surface area (Å²) in [6.07, 6.45) is -0.382. The van der Waals surface area contributed by atoms with Crippen molar-refractivity contribution in [2.45, 2.75) is 20.1 Å². The second-order valence-electron chi connectivity index (χ2n) is 3.15. The molecule has 0 aliphatic rings. The molecule has 1 aromatic heterocycles. The van der Waals surface area contributed by atoms with Gasteiger partial charge in [0.15, 0.2) is 6.29 Å². The molecule has 0 aromatic carbocycles. The molecule has 0 unspecified atom stereocenters. The molecule has 0 aliphatic heterocycles. The van der Waals surface area contributed by atoms with E-state index in [9.17, 15) is 4.79 Å². The zero-order chi connectivity index (χ0) is 12.7. The van der Waals surface area contributed by atoms with Crippen LogP contribution < -0.4 is 5.32 Å². The number of thiophene rings is 1. The summed E-state index contributed by atoms with van der Waals surface area (Å²) in [5, 5.41) is 4.65. The fraction of sp³-hybridized carbons (Fsp3) is 0.545. The van der Waals surface area contributed by atoms with Gasteiger partial charge in [-0.1, -0.05) is 0 Å². The smallest absolute Gasteiger partial charge is 0.262 e. The maximum atomic E-state index is 11.8. The van der Waals surface area contributed by atoms with Gasteiger partial charge in [0.05, 0.1) is 6.54 Å². The monoisotopic (exact) mass is 321 g/mol. The molecule has 0 aliphatic carbocycles. The molecule has 0 atom stereocenters. The Labute approximate surface area is 113 Å². The van der Waals surface area contributed by atoms with E-state index >= 15 is 0 Å². The lowest BCUT2D eigenvalue weighted by Gasteiger charge is -2.17. The number of halogens is 1. The van der Waals surface area contributed by atoms with Crippen LogP contribution in [0.15, 0.2) is 15.9 Å². The van der Waals surface area contributed by atoms with Gasteiger partial charge >= 0.3 is 0 Å². The molecule has 1 rings (SSSR count). The normalized spacial score (nSPS) is 10.8. The van der Waals surface area contributed by atoms with Crippen molar-refractivity contribution in [1.29, 1.82) is 0 Å². The number of carbonyl (C=O) groups is 1. The molecule has 0 bridgehead atoms. The van der Waals surface area contributed by atoms with Gasteiger partial charge in [-0.05, 0) is 41.2 Å². The summed E-state index contributed by atoms with van der Waals surface area (Å²) >= 11 is 4.72. The first kappa shape index (κ1) is 14.6. The van der Waals surface area contributed by atoms with Crippen LogP contribution in [-0.4, -0.2) is 32.0 Å². The molecule has 0 saturated carbocycles. The van der Waals surface area contributed by atoms with Crippen molar-refractivity contribution in [3.05, 3.63) is 20.8 Å². The predicted octanol–water partition coefficient (Wildman–Crippen LogP) is 2.64. The van der Waals surface area contributed by atoms with E-state index in [4.69, 9.17) is 9.47 Å². The third kappa shape index (κ3) is 4.75. The lowest BCUT2D eigenvalue weighted by atomic mass is 10.4. The fourth-order valence-electron chi connectivity index (χ4n) is 1.25. The lowest BCUT2D eigenvalue weighted by molar-refractivity contribution is -0.131. The highest BCUT2D eigenvalue weighted by atomic mass is 79.9. The van der Waals surface area contributed by atoms with E-state index in [1.165, 1.54) is 11.3 Å². The van der Waals surface area contributed by atoms with Crippen molar-refractivity contribution in [1.82, 2.24) is 5.32 Å². The van der Waals surface area contributed by atoms with Gasteiger partial charge in [-0.2, -0.15) is 0 Å². The molecule has 1 amide bonds. The quantitative estimate of drug-likeness (QED) is 0.785. The zero-order valence-corrected chi connectivity index (χ0v) is 12.3. The molecule has 0 saturated heterocycles. The Morgan fingerprint density at radius 2 is 2.12 bits per heavy atom. The average Bonchev–Trinajstić information content (AvgIpc) is 2.72. The first-order valence-corrected chi connectivity index (χ1v) is 7.10. The van der Waals surface area contributed by atoms with Gasteiger partial charge in [-0.25, -0.2) is 0 Å². The van der Waals surface area contributed by atoms with E-state index in [0.29, 0.717) is 24.6 Å². The molecule has 17 heavy (non-hydrogen) atoms. The molecule has 0 fully saturated rings. The lowest BCUT2D eigenvalue weighted by Crippen LogP contribution is -2.35. The van der Waals surface area contributed by atoms with Gasteiger partial charge in [0.2, 0.25) is 0 Å². The summed E-state index contributed by atoms with van der Waals surface area (Å²) in [6.45, 7) is 5.25. The molecule has 6 heteroatoms. The van der Waals surface area contributed by atoms with Crippen LogP contribution in [0.1, 0.15) is 23.5 Å². The second-order valence-corrected chi connectivity index (χ2v) is 4.92. The summed E-state index contributed by atoms with van der Waals surface area (Å²) in [5.74, 6) is -0.115. The van der Waals surface area contributed by atoms with Gasteiger partial charge in [0.1, 0.15) is 4.88 Å². The number of carbonyl (C=O) groups excluding carboxylic acids is 1. The van der Waals surface area contributed by atoms with Crippen LogP contribution in [0.4, 0.5) is 0 Å². The topological polar surface area (TPSA) is 47.6 Å². The van der Waals surface area contributed by atoms with Gasteiger partial charge < -0.3 is 14.8 Å². The molecule has 96 valence electrons. The summed E-state index contributed by atoms with van der Waals surface area (Å²) in [5.41, 5.74) is 0. The van der Waals surface area contributed by atoms with Crippen LogP contribution in [0.2, 0.25) is 0 Å². The third-order valence-electron chi connectivity index (χ3n) is 1.96. The maximum Gasteiger partial charge on any atom is 0.262 e. The van der Waals surface area contributed by atoms with E-state index in [0.717, 1.165) is 4.47 Å². The number of hydrogen-bond acceptors (Lipinski definition) is 4. The van der Waals surface area contributed by atoms with Gasteiger partial charge in [0.25, 0.3) is 5.91 Å². The SMILES string of the molecule is CCOC(CNC(=O)c1sccc1Br)OCC. The fourth-order valence-corrected chi connectivity index (χ4v) is 2.72. The standard InChI is InChI=1S/C11H16BrNO3S/c1-3-15-9(16-4-2)7-13-11(14)10-8(12)5-6-17-10/h5-6,9H,3-4,7H2,1-2H3,(H,13,14). The molecule has 1 heterocycles. The molecule has 4 nitrogen and oxygen atoms in total. The van der Waals surface area contributed by atoms with Gasteiger partial charge in [-0.15, -0.1) is 11.3 Å². The highest BCUT2D eigenvalue weighted by Crippen LogP contribution is 2.22. The van der Waals surface area contributed by atoms with Crippen LogP contribution in [0.25, 0.3) is 0 Å². The molecular weight excluding hydrogens is 306 g/mol. The summed E-state index contributed by atoms with van der Waals surface area (Å²) in [7, 11) is 0. The van der Waals surface area contributed by atoms with E-state index in [-0.39, 0.29) is 12.2 Å². The van der Waals surface area contributed by atoms with Crippen LogP contribution in [0.3, 0.4) is 0 Å². The zero-order valence-electron chi connectivity index (χ0n) is 9.86. The van der Waals surface area contributed by atoms with Crippen molar-refractivity contribution in [3.8, 4) is 0 Å². The van der Waals surface area contributed by atoms with Crippen molar-refractivity contribution in [2.75, 3.05) is 19.8 Å². The van der Waals surface area contributed by atoms with Crippen LogP contribution in [0, 0.1) is 0 Å². The third-order valence-corrected chi connectivity index (χ3v) is 3.79. The largest absolute Gasteiger partial charge is 0.351 e. The second kappa shape index (κ2) is 7.81. The Hall–Kier alpha value is -0.430. The first-order chi connectivity index (χ1) is 8.19. The number of amides is 1. The molecule has 1 aromatic rings. The number of hydrogen-bond donors (Lipinski definition) is 1. The van der Waals surface area contributed by atoms with Gasteiger partial charge in [0, 0.05) is 17.7 Å².